The maximum atomic E-state index is 12.6. The topological polar surface area (TPSA) is 70.2 Å². The number of amides is 2. The van der Waals surface area contributed by atoms with Gasteiger partial charge in [-0.3, -0.25) is 9.59 Å². The highest BCUT2D eigenvalue weighted by Crippen LogP contribution is 2.13. The van der Waals surface area contributed by atoms with Crippen LogP contribution in [0.5, 0.6) is 0 Å². The summed E-state index contributed by atoms with van der Waals surface area (Å²) in [6, 6.07) is 3.21. The lowest BCUT2D eigenvalue weighted by molar-refractivity contribution is -0.125. The second-order valence-corrected chi connectivity index (χ2v) is 7.21. The number of hydrogen-bond acceptors (Lipinski definition) is 4. The summed E-state index contributed by atoms with van der Waals surface area (Å²) in [5.41, 5.74) is 0. The Balaban J connectivity index is 0.00000264. The molecular weight excluding hydrogens is 334 g/mol. The molecule has 0 radical (unpaired) electrons. The number of halogens is 1. The molecule has 5 nitrogen and oxygen atoms in total. The van der Waals surface area contributed by atoms with Gasteiger partial charge in [-0.1, -0.05) is 26.8 Å². The molecule has 3 unspecified atom stereocenters. The van der Waals surface area contributed by atoms with Crippen molar-refractivity contribution in [1.29, 1.82) is 0 Å². The number of thiophene rings is 1. The predicted molar refractivity (Wildman–Crippen MR) is 96.2 cm³/mol. The first-order chi connectivity index (χ1) is 10.5. The van der Waals surface area contributed by atoms with E-state index < -0.39 is 6.04 Å². The van der Waals surface area contributed by atoms with E-state index in [2.05, 4.69) is 22.9 Å². The molecule has 3 N–H and O–H groups in total. The molecule has 7 heteroatoms. The summed E-state index contributed by atoms with van der Waals surface area (Å²) in [5, 5.41) is 11.1. The first-order valence-electron chi connectivity index (χ1n) is 7.84. The van der Waals surface area contributed by atoms with E-state index in [1.54, 1.807) is 6.07 Å². The Morgan fingerprint density at radius 2 is 2.13 bits per heavy atom. The summed E-state index contributed by atoms with van der Waals surface area (Å²) in [7, 11) is 0. The average Bonchev–Trinajstić information content (AvgIpc) is 3.00. The van der Waals surface area contributed by atoms with E-state index in [1.165, 1.54) is 11.3 Å². The fraction of sp³-hybridized carbons (Fsp3) is 0.625. The molecular formula is C16H26ClN3O2S. The van der Waals surface area contributed by atoms with E-state index in [-0.39, 0.29) is 36.2 Å². The summed E-state index contributed by atoms with van der Waals surface area (Å²) in [6.07, 6.45) is 1.05. The van der Waals surface area contributed by atoms with E-state index in [1.807, 2.05) is 25.3 Å². The molecule has 1 fully saturated rings. The third kappa shape index (κ3) is 5.48. The van der Waals surface area contributed by atoms with Gasteiger partial charge in [0.2, 0.25) is 5.91 Å². The van der Waals surface area contributed by atoms with Crippen LogP contribution in [0.1, 0.15) is 36.9 Å². The summed E-state index contributed by atoms with van der Waals surface area (Å²) >= 11 is 1.38. The quantitative estimate of drug-likeness (QED) is 0.753. The minimum atomic E-state index is -0.510. The first-order valence-corrected chi connectivity index (χ1v) is 8.72. The van der Waals surface area contributed by atoms with Crippen molar-refractivity contribution in [1.82, 2.24) is 16.0 Å². The highest BCUT2D eigenvalue weighted by Gasteiger charge is 2.29. The summed E-state index contributed by atoms with van der Waals surface area (Å²) < 4.78 is 0. The smallest absolute Gasteiger partial charge is 0.262 e. The molecule has 1 aliphatic rings. The van der Waals surface area contributed by atoms with Gasteiger partial charge in [0.25, 0.3) is 5.91 Å². The molecule has 3 atom stereocenters. The molecule has 1 aromatic heterocycles. The second-order valence-electron chi connectivity index (χ2n) is 6.26. The van der Waals surface area contributed by atoms with Gasteiger partial charge >= 0.3 is 0 Å². The molecule has 2 rings (SSSR count). The molecule has 0 bridgehead atoms. The Bertz CT molecular complexity index is 507. The number of hydrogen-bond donors (Lipinski definition) is 3. The minimum Gasteiger partial charge on any atom is -0.350 e. The van der Waals surface area contributed by atoms with E-state index in [0.717, 1.165) is 19.5 Å². The van der Waals surface area contributed by atoms with Gasteiger partial charge in [0.05, 0.1) is 4.88 Å². The average molecular weight is 360 g/mol. The molecule has 2 amide bonds. The van der Waals surface area contributed by atoms with Crippen molar-refractivity contribution in [2.24, 2.45) is 11.8 Å². The zero-order valence-electron chi connectivity index (χ0n) is 13.8. The van der Waals surface area contributed by atoms with Crippen molar-refractivity contribution in [2.75, 3.05) is 13.1 Å². The maximum absolute atomic E-state index is 12.6. The van der Waals surface area contributed by atoms with Crippen LogP contribution >= 0.6 is 23.7 Å². The Morgan fingerprint density at radius 1 is 1.39 bits per heavy atom. The van der Waals surface area contributed by atoms with Gasteiger partial charge in [0.15, 0.2) is 0 Å². The Kier molecular flexibility index (Phi) is 8.02. The van der Waals surface area contributed by atoms with Crippen LogP contribution in [0, 0.1) is 11.8 Å². The Labute approximate surface area is 148 Å². The molecule has 0 aliphatic carbocycles. The molecule has 1 aromatic rings. The van der Waals surface area contributed by atoms with Gasteiger partial charge in [0.1, 0.15) is 6.04 Å². The SMILES string of the molecule is CC(C)C(NC(=O)c1cccs1)C(=O)NC1CNCCC1C.Cl. The van der Waals surface area contributed by atoms with Crippen LogP contribution < -0.4 is 16.0 Å². The fourth-order valence-electron chi connectivity index (χ4n) is 2.61. The molecule has 1 saturated heterocycles. The first kappa shape index (κ1) is 19.9. The van der Waals surface area contributed by atoms with Crippen molar-refractivity contribution in [2.45, 2.75) is 39.3 Å². The zero-order valence-corrected chi connectivity index (χ0v) is 15.4. The van der Waals surface area contributed by atoms with Gasteiger partial charge in [0, 0.05) is 12.6 Å². The number of nitrogens with one attached hydrogen (secondary N) is 3. The third-order valence-electron chi connectivity index (χ3n) is 4.14. The Hall–Kier alpha value is -1.11. The van der Waals surface area contributed by atoms with Crippen molar-refractivity contribution >= 4 is 35.6 Å². The second kappa shape index (κ2) is 9.25. The van der Waals surface area contributed by atoms with Crippen LogP contribution in [0.3, 0.4) is 0 Å². The lowest BCUT2D eigenvalue weighted by Gasteiger charge is -2.32. The number of carbonyl (C=O) groups excluding carboxylic acids is 2. The van der Waals surface area contributed by atoms with E-state index in [4.69, 9.17) is 0 Å². The van der Waals surface area contributed by atoms with Crippen LogP contribution in [-0.2, 0) is 4.79 Å². The maximum Gasteiger partial charge on any atom is 0.262 e. The molecule has 0 aromatic carbocycles. The highest BCUT2D eigenvalue weighted by molar-refractivity contribution is 7.12. The largest absolute Gasteiger partial charge is 0.350 e. The van der Waals surface area contributed by atoms with E-state index in [9.17, 15) is 9.59 Å². The van der Waals surface area contributed by atoms with E-state index in [0.29, 0.717) is 10.8 Å². The standard InChI is InChI=1S/C16H25N3O2S.ClH/c1-10(2)14(19-15(20)13-5-4-8-22-13)16(21)18-12-9-17-7-6-11(12)3;/h4-5,8,10-12,14,17H,6-7,9H2,1-3H3,(H,18,21)(H,19,20);1H. The van der Waals surface area contributed by atoms with Gasteiger partial charge in [-0.2, -0.15) is 0 Å². The van der Waals surface area contributed by atoms with Gasteiger partial charge in [-0.25, -0.2) is 0 Å². The van der Waals surface area contributed by atoms with Crippen LogP contribution in [-0.4, -0.2) is 37.0 Å². The minimum absolute atomic E-state index is 0. The van der Waals surface area contributed by atoms with Crippen molar-refractivity contribution in [3.05, 3.63) is 22.4 Å². The zero-order chi connectivity index (χ0) is 16.1. The predicted octanol–water partition coefficient (Wildman–Crippen LogP) is 2.04. The number of piperidine rings is 1. The van der Waals surface area contributed by atoms with Crippen molar-refractivity contribution in [3.8, 4) is 0 Å². The van der Waals surface area contributed by atoms with Gasteiger partial charge in [-0.05, 0) is 36.2 Å². The molecule has 23 heavy (non-hydrogen) atoms. The molecule has 0 saturated carbocycles. The third-order valence-corrected chi connectivity index (χ3v) is 5.00. The summed E-state index contributed by atoms with van der Waals surface area (Å²) in [4.78, 5) is 25.4. The summed E-state index contributed by atoms with van der Waals surface area (Å²) in [6.45, 7) is 7.83. The van der Waals surface area contributed by atoms with Crippen LogP contribution in [0.2, 0.25) is 0 Å². The normalized spacial score (nSPS) is 22.1. The molecule has 1 aliphatic heterocycles. The van der Waals surface area contributed by atoms with Crippen molar-refractivity contribution in [3.63, 3.8) is 0 Å². The van der Waals surface area contributed by atoms with Crippen LogP contribution in [0.15, 0.2) is 17.5 Å². The monoisotopic (exact) mass is 359 g/mol. The number of carbonyl (C=O) groups is 2. The van der Waals surface area contributed by atoms with Crippen molar-refractivity contribution < 1.29 is 9.59 Å². The lowest BCUT2D eigenvalue weighted by atomic mass is 9.94. The van der Waals surface area contributed by atoms with Gasteiger partial charge < -0.3 is 16.0 Å². The Morgan fingerprint density at radius 3 is 2.70 bits per heavy atom. The highest BCUT2D eigenvalue weighted by atomic mass is 35.5. The molecule has 2 heterocycles. The van der Waals surface area contributed by atoms with Gasteiger partial charge in [-0.15, -0.1) is 23.7 Å². The molecule has 0 spiro atoms. The number of rotatable bonds is 5. The summed E-state index contributed by atoms with van der Waals surface area (Å²) in [5.74, 6) is 0.209. The van der Waals surface area contributed by atoms with E-state index >= 15 is 0 Å². The van der Waals surface area contributed by atoms with Crippen LogP contribution in [0.25, 0.3) is 0 Å². The molecule has 130 valence electrons. The fourth-order valence-corrected chi connectivity index (χ4v) is 3.24. The lowest BCUT2D eigenvalue weighted by Crippen LogP contribution is -2.56. The van der Waals surface area contributed by atoms with Crippen LogP contribution in [0.4, 0.5) is 0 Å².